The molecule has 0 fully saturated rings. The van der Waals surface area contributed by atoms with Gasteiger partial charge in [-0.1, -0.05) is 6.07 Å². The molecule has 1 atom stereocenters. The third kappa shape index (κ3) is 5.64. The number of esters is 1. The van der Waals surface area contributed by atoms with Crippen LogP contribution in [0.5, 0.6) is 0 Å². The van der Waals surface area contributed by atoms with E-state index in [-0.39, 0.29) is 5.56 Å². The second-order valence-corrected chi connectivity index (χ2v) is 5.35. The number of ether oxygens (including phenoxy) is 1. The number of carbonyl (C=O) groups excluding carboxylic acids is 2. The van der Waals surface area contributed by atoms with Gasteiger partial charge < -0.3 is 9.64 Å². The molecule has 0 saturated heterocycles. The number of amides is 1. The lowest BCUT2D eigenvalue weighted by molar-refractivity contribution is -0.189. The summed E-state index contributed by atoms with van der Waals surface area (Å²) in [7, 11) is 1.14. The molecule has 1 amide bonds. The monoisotopic (exact) mass is 371 g/mol. The van der Waals surface area contributed by atoms with Gasteiger partial charge in [0, 0.05) is 7.05 Å². The van der Waals surface area contributed by atoms with Crippen LogP contribution < -0.4 is 0 Å². The Morgan fingerprint density at radius 2 is 1.72 bits per heavy atom. The first-order chi connectivity index (χ1) is 11.2. The van der Waals surface area contributed by atoms with E-state index in [1.54, 1.807) is 0 Å². The van der Waals surface area contributed by atoms with Crippen molar-refractivity contribution in [2.24, 2.45) is 0 Å². The van der Waals surface area contributed by atoms with Gasteiger partial charge in [-0.3, -0.25) is 4.79 Å². The highest BCUT2D eigenvalue weighted by molar-refractivity contribution is 6.32. The molecule has 10 heteroatoms. The second-order valence-electron chi connectivity index (χ2n) is 5.35. The van der Waals surface area contributed by atoms with Crippen molar-refractivity contribution < 1.29 is 40.7 Å². The number of halogens is 6. The lowest BCUT2D eigenvalue weighted by Gasteiger charge is -2.26. The minimum Gasteiger partial charge on any atom is -0.449 e. The molecule has 25 heavy (non-hydrogen) atoms. The van der Waals surface area contributed by atoms with E-state index < -0.39 is 42.4 Å². The van der Waals surface area contributed by atoms with Crippen LogP contribution in [0.15, 0.2) is 18.2 Å². The van der Waals surface area contributed by atoms with E-state index in [2.05, 4.69) is 4.74 Å². The number of rotatable bonds is 3. The summed E-state index contributed by atoms with van der Waals surface area (Å²) < 4.78 is 77.8. The predicted molar refractivity (Wildman–Crippen MR) is 74.4 cm³/mol. The molecule has 0 bridgehead atoms. The number of hydrogen-bond donors (Lipinski definition) is 0. The Morgan fingerprint density at radius 1 is 1.16 bits per heavy atom. The second kappa shape index (κ2) is 7.32. The SMILES string of the molecule is Cc1cc(C(F)(F)F)ccc1C(C)N(C)C(=O)C(=O)OCC(F)(F)F. The molecular weight excluding hydrogens is 356 g/mol. The Kier molecular flexibility index (Phi) is 6.09. The minimum atomic E-state index is -4.77. The number of hydrogen-bond acceptors (Lipinski definition) is 3. The number of aryl methyl sites for hydroxylation is 1. The molecule has 1 aromatic rings. The maximum atomic E-state index is 12.7. The molecule has 0 aliphatic carbocycles. The number of nitrogens with zero attached hydrogens (tertiary/aromatic N) is 1. The smallest absolute Gasteiger partial charge is 0.422 e. The average molecular weight is 371 g/mol. The van der Waals surface area contributed by atoms with E-state index in [1.807, 2.05) is 0 Å². The molecule has 4 nitrogen and oxygen atoms in total. The van der Waals surface area contributed by atoms with Crippen molar-refractivity contribution in [2.45, 2.75) is 32.2 Å². The van der Waals surface area contributed by atoms with Crippen LogP contribution in [0.1, 0.15) is 29.7 Å². The zero-order chi connectivity index (χ0) is 19.6. The molecule has 0 saturated carbocycles. The Hall–Kier alpha value is -2.26. The minimum absolute atomic E-state index is 0.214. The molecule has 0 aliphatic rings. The van der Waals surface area contributed by atoms with Gasteiger partial charge in [-0.15, -0.1) is 0 Å². The quantitative estimate of drug-likeness (QED) is 0.463. The summed E-state index contributed by atoms with van der Waals surface area (Å²) in [5.41, 5.74) is -0.349. The zero-order valence-electron chi connectivity index (χ0n) is 13.5. The van der Waals surface area contributed by atoms with Gasteiger partial charge in [0.2, 0.25) is 0 Å². The average Bonchev–Trinajstić information content (AvgIpc) is 2.48. The van der Waals surface area contributed by atoms with Crippen molar-refractivity contribution in [1.29, 1.82) is 0 Å². The molecule has 1 rings (SSSR count). The highest BCUT2D eigenvalue weighted by atomic mass is 19.4. The molecule has 0 aliphatic heterocycles. The first-order valence-electron chi connectivity index (χ1n) is 6.92. The summed E-state index contributed by atoms with van der Waals surface area (Å²) in [6.07, 6.45) is -9.31. The molecule has 1 unspecified atom stereocenters. The van der Waals surface area contributed by atoms with Gasteiger partial charge in [0.25, 0.3) is 0 Å². The van der Waals surface area contributed by atoms with Crippen molar-refractivity contribution in [2.75, 3.05) is 13.7 Å². The van der Waals surface area contributed by atoms with Crippen LogP contribution in [0.3, 0.4) is 0 Å². The van der Waals surface area contributed by atoms with E-state index in [0.29, 0.717) is 5.56 Å². The van der Waals surface area contributed by atoms with Gasteiger partial charge >= 0.3 is 24.2 Å². The van der Waals surface area contributed by atoms with Gasteiger partial charge in [-0.25, -0.2) is 4.79 Å². The van der Waals surface area contributed by atoms with Crippen molar-refractivity contribution in [3.8, 4) is 0 Å². The normalized spacial score (nSPS) is 13.3. The summed E-state index contributed by atoms with van der Waals surface area (Å²) in [6.45, 7) is 0.908. The topological polar surface area (TPSA) is 46.6 Å². The number of alkyl halides is 6. The van der Waals surface area contributed by atoms with Crippen LogP contribution in [0, 0.1) is 6.92 Å². The van der Waals surface area contributed by atoms with E-state index in [9.17, 15) is 35.9 Å². The zero-order valence-corrected chi connectivity index (χ0v) is 13.5. The third-order valence-electron chi connectivity index (χ3n) is 3.49. The van der Waals surface area contributed by atoms with Crippen LogP contribution in [-0.2, 0) is 20.5 Å². The Bertz CT molecular complexity index is 654. The lowest BCUT2D eigenvalue weighted by Crippen LogP contribution is -2.38. The number of carbonyl (C=O) groups is 2. The van der Waals surface area contributed by atoms with Crippen LogP contribution >= 0.6 is 0 Å². The molecule has 0 aromatic heterocycles. The van der Waals surface area contributed by atoms with Crippen LogP contribution in [0.4, 0.5) is 26.3 Å². The lowest BCUT2D eigenvalue weighted by atomic mass is 9.99. The van der Waals surface area contributed by atoms with Crippen LogP contribution in [0.25, 0.3) is 0 Å². The Balaban J connectivity index is 2.90. The molecule has 0 radical (unpaired) electrons. The van der Waals surface area contributed by atoms with E-state index in [4.69, 9.17) is 0 Å². The maximum Gasteiger partial charge on any atom is 0.422 e. The summed E-state index contributed by atoms with van der Waals surface area (Å²) >= 11 is 0. The van der Waals surface area contributed by atoms with Crippen LogP contribution in [-0.4, -0.2) is 36.6 Å². The number of likely N-dealkylation sites (N-methyl/N-ethyl adjacent to an activating group) is 1. The summed E-state index contributed by atoms with van der Waals surface area (Å²) in [6, 6.07) is 1.99. The molecular formula is C15H15F6NO3. The fraction of sp³-hybridized carbons (Fsp3) is 0.467. The van der Waals surface area contributed by atoms with E-state index in [1.165, 1.54) is 13.8 Å². The van der Waals surface area contributed by atoms with Crippen molar-refractivity contribution in [1.82, 2.24) is 4.90 Å². The third-order valence-corrected chi connectivity index (χ3v) is 3.49. The fourth-order valence-electron chi connectivity index (χ4n) is 2.06. The molecule has 1 aromatic carbocycles. The molecule has 0 N–H and O–H groups in total. The van der Waals surface area contributed by atoms with Crippen LogP contribution in [0.2, 0.25) is 0 Å². The largest absolute Gasteiger partial charge is 0.449 e. The van der Waals surface area contributed by atoms with Crippen molar-refractivity contribution >= 4 is 11.9 Å². The van der Waals surface area contributed by atoms with Gasteiger partial charge in [-0.2, -0.15) is 26.3 Å². The number of benzene rings is 1. The highest BCUT2D eigenvalue weighted by Gasteiger charge is 2.34. The fourth-order valence-corrected chi connectivity index (χ4v) is 2.06. The summed E-state index contributed by atoms with van der Waals surface area (Å²) in [5.74, 6) is -3.03. The van der Waals surface area contributed by atoms with E-state index in [0.717, 1.165) is 30.1 Å². The predicted octanol–water partition coefficient (Wildman–Crippen LogP) is 3.64. The van der Waals surface area contributed by atoms with Gasteiger partial charge in [0.1, 0.15) is 0 Å². The highest BCUT2D eigenvalue weighted by Crippen LogP contribution is 2.32. The molecule has 0 spiro atoms. The van der Waals surface area contributed by atoms with Gasteiger partial charge in [0.15, 0.2) is 6.61 Å². The maximum absolute atomic E-state index is 12.7. The molecule has 140 valence electrons. The Labute approximate surface area is 139 Å². The van der Waals surface area contributed by atoms with Crippen molar-refractivity contribution in [3.05, 3.63) is 34.9 Å². The summed E-state index contributed by atoms with van der Waals surface area (Å²) in [5, 5.41) is 0. The molecule has 0 heterocycles. The first-order valence-corrected chi connectivity index (χ1v) is 6.92. The Morgan fingerprint density at radius 3 is 2.16 bits per heavy atom. The van der Waals surface area contributed by atoms with E-state index >= 15 is 0 Å². The van der Waals surface area contributed by atoms with Gasteiger partial charge in [0.05, 0.1) is 11.6 Å². The summed E-state index contributed by atoms with van der Waals surface area (Å²) in [4.78, 5) is 24.0. The van der Waals surface area contributed by atoms with Gasteiger partial charge in [-0.05, 0) is 37.1 Å². The van der Waals surface area contributed by atoms with Crippen molar-refractivity contribution in [3.63, 3.8) is 0 Å². The standard InChI is InChI=1S/C15H15F6NO3/c1-8-6-10(15(19,20)21)4-5-11(8)9(2)22(3)12(23)13(24)25-7-14(16,17)18/h4-6,9H,7H2,1-3H3. The first kappa shape index (κ1) is 20.8.